The van der Waals surface area contributed by atoms with Crippen LogP contribution in [0.3, 0.4) is 0 Å². The van der Waals surface area contributed by atoms with Crippen LogP contribution in [0.15, 0.2) is 49.2 Å². The molecule has 5 rings (SSSR count). The van der Waals surface area contributed by atoms with Gasteiger partial charge in [-0.1, -0.05) is 0 Å². The summed E-state index contributed by atoms with van der Waals surface area (Å²) in [4.78, 5) is 22.1. The Kier molecular flexibility index (Phi) is 5.41. The largest absolute Gasteiger partial charge is 0.374 e. The number of carbonyl (C=O) groups is 1. The fourth-order valence-electron chi connectivity index (χ4n) is 4.28. The number of morpholine rings is 1. The van der Waals surface area contributed by atoms with Crippen molar-refractivity contribution in [1.82, 2.24) is 23.8 Å². The van der Waals surface area contributed by atoms with Gasteiger partial charge in [-0.05, 0) is 36.8 Å². The van der Waals surface area contributed by atoms with Crippen molar-refractivity contribution in [3.63, 3.8) is 0 Å². The van der Waals surface area contributed by atoms with E-state index in [4.69, 9.17) is 4.74 Å². The summed E-state index contributed by atoms with van der Waals surface area (Å²) in [6.45, 7) is 4.82. The molecule has 9 heteroatoms. The molecule has 170 valence electrons. The number of aromatic nitrogens is 4. The lowest BCUT2D eigenvalue weighted by molar-refractivity contribution is -0.136. The van der Waals surface area contributed by atoms with E-state index in [-0.39, 0.29) is 23.3 Å². The van der Waals surface area contributed by atoms with E-state index in [0.29, 0.717) is 43.1 Å². The molecule has 1 amide bonds. The van der Waals surface area contributed by atoms with Crippen LogP contribution in [0.1, 0.15) is 18.2 Å². The molecule has 0 saturated carbocycles. The van der Waals surface area contributed by atoms with Gasteiger partial charge in [-0.15, -0.1) is 0 Å². The zero-order chi connectivity index (χ0) is 23.1. The highest BCUT2D eigenvalue weighted by molar-refractivity contribution is 5.73. The molecule has 1 atom stereocenters. The van der Waals surface area contributed by atoms with E-state index < -0.39 is 11.6 Å². The molecule has 1 aliphatic heterocycles. The third-order valence-electron chi connectivity index (χ3n) is 5.95. The first kappa shape index (κ1) is 21.3. The number of halogens is 2. The van der Waals surface area contributed by atoms with Crippen LogP contribution < -0.4 is 0 Å². The Hall–Kier alpha value is -3.59. The van der Waals surface area contributed by atoms with Crippen molar-refractivity contribution >= 4 is 11.6 Å². The third-order valence-corrected chi connectivity index (χ3v) is 5.95. The van der Waals surface area contributed by atoms with Gasteiger partial charge in [0.25, 0.3) is 0 Å². The number of carbonyl (C=O) groups excluding carboxylic acids is 1. The lowest BCUT2D eigenvalue weighted by Crippen LogP contribution is -2.45. The number of nitrogens with zero attached hydrogens (tertiary/aromatic N) is 5. The summed E-state index contributed by atoms with van der Waals surface area (Å²) in [6, 6.07) is 6.33. The quantitative estimate of drug-likeness (QED) is 0.476. The van der Waals surface area contributed by atoms with Gasteiger partial charge in [0, 0.05) is 45.0 Å². The van der Waals surface area contributed by atoms with Gasteiger partial charge in [0.15, 0.2) is 0 Å². The Morgan fingerprint density at radius 2 is 2.00 bits per heavy atom. The Morgan fingerprint density at radius 1 is 1.21 bits per heavy atom. The standard InChI is InChI=1S/C24H23F2N5O2/c1-15-3-5-31-21(12-18-13-29(16(2)32)7-8-33-18)24(28-22(31)9-15)23-19(25)10-17(11-20(23)26)30-6-4-27-14-30/h3-6,9-11,14,18H,7-8,12-13H2,1-2H3. The molecule has 1 saturated heterocycles. The number of ether oxygens (including phenoxy) is 1. The molecule has 0 aliphatic carbocycles. The summed E-state index contributed by atoms with van der Waals surface area (Å²) in [5.41, 5.74) is 2.59. The maximum atomic E-state index is 15.3. The van der Waals surface area contributed by atoms with Gasteiger partial charge in [-0.25, -0.2) is 18.7 Å². The molecule has 1 fully saturated rings. The highest BCUT2D eigenvalue weighted by Crippen LogP contribution is 2.32. The highest BCUT2D eigenvalue weighted by atomic mass is 19.1. The monoisotopic (exact) mass is 451 g/mol. The number of hydrogen-bond acceptors (Lipinski definition) is 4. The maximum absolute atomic E-state index is 15.3. The van der Waals surface area contributed by atoms with Crippen molar-refractivity contribution in [2.24, 2.45) is 0 Å². The Bertz CT molecular complexity index is 1310. The number of rotatable bonds is 4. The molecule has 1 aromatic carbocycles. The predicted octanol–water partition coefficient (Wildman–Crippen LogP) is 3.56. The number of imidazole rings is 2. The summed E-state index contributed by atoms with van der Waals surface area (Å²) in [5.74, 6) is -1.45. The van der Waals surface area contributed by atoms with E-state index in [2.05, 4.69) is 9.97 Å². The van der Waals surface area contributed by atoms with Gasteiger partial charge >= 0.3 is 0 Å². The zero-order valence-corrected chi connectivity index (χ0v) is 18.3. The number of hydrogen-bond donors (Lipinski definition) is 0. The molecule has 0 radical (unpaired) electrons. The Morgan fingerprint density at radius 3 is 2.70 bits per heavy atom. The number of amides is 1. The third kappa shape index (κ3) is 4.00. The second kappa shape index (κ2) is 8.40. The normalized spacial score (nSPS) is 16.5. The minimum absolute atomic E-state index is 0.0236. The highest BCUT2D eigenvalue weighted by Gasteiger charge is 2.28. The first-order chi connectivity index (χ1) is 15.9. The summed E-state index contributed by atoms with van der Waals surface area (Å²) in [6.07, 6.45) is 6.53. The molecule has 1 aliphatic rings. The van der Waals surface area contributed by atoms with Crippen LogP contribution in [-0.2, 0) is 16.0 Å². The van der Waals surface area contributed by atoms with E-state index in [0.717, 1.165) is 5.56 Å². The van der Waals surface area contributed by atoms with E-state index in [9.17, 15) is 4.79 Å². The number of fused-ring (bicyclic) bond motifs is 1. The Labute approximate surface area is 189 Å². The predicted molar refractivity (Wildman–Crippen MR) is 118 cm³/mol. The van der Waals surface area contributed by atoms with Crippen LogP contribution >= 0.6 is 0 Å². The summed E-state index contributed by atoms with van der Waals surface area (Å²) in [5, 5.41) is 0. The van der Waals surface area contributed by atoms with Gasteiger partial charge in [0.1, 0.15) is 17.3 Å². The molecule has 4 aromatic rings. The first-order valence-corrected chi connectivity index (χ1v) is 10.7. The van der Waals surface area contributed by atoms with Crippen molar-refractivity contribution < 1.29 is 18.3 Å². The van der Waals surface area contributed by atoms with Crippen molar-refractivity contribution in [3.8, 4) is 16.9 Å². The fourth-order valence-corrected chi connectivity index (χ4v) is 4.28. The van der Waals surface area contributed by atoms with E-state index >= 15 is 8.78 Å². The topological polar surface area (TPSA) is 64.7 Å². The summed E-state index contributed by atoms with van der Waals surface area (Å²) in [7, 11) is 0. The number of pyridine rings is 1. The second-order valence-electron chi connectivity index (χ2n) is 8.26. The van der Waals surface area contributed by atoms with Crippen LogP contribution in [0.5, 0.6) is 0 Å². The van der Waals surface area contributed by atoms with E-state index in [1.54, 1.807) is 17.3 Å². The number of aryl methyl sites for hydroxylation is 1. The zero-order valence-electron chi connectivity index (χ0n) is 18.3. The van der Waals surface area contributed by atoms with E-state index in [1.165, 1.54) is 30.0 Å². The van der Waals surface area contributed by atoms with Gasteiger partial charge in [0.05, 0.1) is 41.7 Å². The smallest absolute Gasteiger partial charge is 0.219 e. The van der Waals surface area contributed by atoms with Crippen LogP contribution in [0.2, 0.25) is 0 Å². The van der Waals surface area contributed by atoms with Crippen molar-refractivity contribution in [3.05, 3.63) is 72.1 Å². The minimum Gasteiger partial charge on any atom is -0.374 e. The first-order valence-electron chi connectivity index (χ1n) is 10.7. The Balaban J connectivity index is 1.61. The van der Waals surface area contributed by atoms with Crippen LogP contribution in [0.4, 0.5) is 8.78 Å². The van der Waals surface area contributed by atoms with Gasteiger partial charge in [0.2, 0.25) is 5.91 Å². The second-order valence-corrected chi connectivity index (χ2v) is 8.26. The van der Waals surface area contributed by atoms with Crippen molar-refractivity contribution in [2.75, 3.05) is 19.7 Å². The molecule has 1 unspecified atom stereocenters. The summed E-state index contributed by atoms with van der Waals surface area (Å²) < 4.78 is 39.9. The molecule has 0 bridgehead atoms. The molecule has 3 aromatic heterocycles. The average Bonchev–Trinajstić information content (AvgIpc) is 3.42. The molecule has 33 heavy (non-hydrogen) atoms. The lowest BCUT2D eigenvalue weighted by Gasteiger charge is -2.32. The average molecular weight is 451 g/mol. The van der Waals surface area contributed by atoms with E-state index in [1.807, 2.05) is 29.7 Å². The molecule has 0 N–H and O–H groups in total. The number of benzene rings is 1. The maximum Gasteiger partial charge on any atom is 0.219 e. The minimum atomic E-state index is -0.713. The lowest BCUT2D eigenvalue weighted by atomic mass is 10.0. The molecular formula is C24H23F2N5O2. The fraction of sp³-hybridized carbons (Fsp3) is 0.292. The SMILES string of the molecule is CC(=O)N1CCOC(Cc2c(-c3c(F)cc(-n4ccnc4)cc3F)nc3cc(C)ccn23)C1. The molecule has 4 heterocycles. The summed E-state index contributed by atoms with van der Waals surface area (Å²) >= 11 is 0. The van der Waals surface area contributed by atoms with Crippen molar-refractivity contribution in [1.29, 1.82) is 0 Å². The van der Waals surface area contributed by atoms with Gasteiger partial charge in [-0.3, -0.25) is 4.79 Å². The van der Waals surface area contributed by atoms with Crippen LogP contribution in [0, 0.1) is 18.6 Å². The van der Waals surface area contributed by atoms with Crippen LogP contribution in [-0.4, -0.2) is 55.5 Å². The van der Waals surface area contributed by atoms with Gasteiger partial charge in [-0.2, -0.15) is 0 Å². The van der Waals surface area contributed by atoms with Gasteiger partial charge < -0.3 is 18.6 Å². The molecule has 0 spiro atoms. The van der Waals surface area contributed by atoms with Crippen molar-refractivity contribution in [2.45, 2.75) is 26.4 Å². The molecular weight excluding hydrogens is 428 g/mol. The molecule has 7 nitrogen and oxygen atoms in total. The van der Waals surface area contributed by atoms with Crippen LogP contribution in [0.25, 0.3) is 22.6 Å².